The topological polar surface area (TPSA) is 37.3 Å². The maximum absolute atomic E-state index is 11.0. The Bertz CT molecular complexity index is 512. The SMILES string of the molecule is O=C(O)C1CC1c1cc(Cl)c(C2CCCCC2)c(Cl)c1. The molecule has 0 bridgehead atoms. The predicted octanol–water partition coefficient (Wildman–Crippen LogP) is 5.23. The fourth-order valence-electron chi connectivity index (χ4n) is 3.44. The Morgan fingerprint density at radius 3 is 2.20 bits per heavy atom. The first-order valence-electron chi connectivity index (χ1n) is 7.29. The molecule has 4 heteroatoms. The summed E-state index contributed by atoms with van der Waals surface area (Å²) in [6.07, 6.45) is 6.78. The highest BCUT2D eigenvalue weighted by Crippen LogP contribution is 2.50. The third kappa shape index (κ3) is 2.68. The number of benzene rings is 1. The lowest BCUT2D eigenvalue weighted by atomic mass is 9.83. The molecule has 1 aromatic carbocycles. The van der Waals surface area contributed by atoms with Crippen molar-refractivity contribution in [3.63, 3.8) is 0 Å². The molecule has 20 heavy (non-hydrogen) atoms. The van der Waals surface area contributed by atoms with Crippen molar-refractivity contribution in [2.45, 2.75) is 50.4 Å². The summed E-state index contributed by atoms with van der Waals surface area (Å²) in [4.78, 5) is 11.0. The fourth-order valence-corrected chi connectivity index (χ4v) is 4.25. The van der Waals surface area contributed by atoms with Crippen LogP contribution in [-0.4, -0.2) is 11.1 Å². The van der Waals surface area contributed by atoms with Crippen LogP contribution in [0.3, 0.4) is 0 Å². The molecule has 0 aromatic heterocycles. The van der Waals surface area contributed by atoms with Crippen molar-refractivity contribution in [3.8, 4) is 0 Å². The van der Waals surface area contributed by atoms with Gasteiger partial charge >= 0.3 is 5.97 Å². The van der Waals surface area contributed by atoms with E-state index in [1.54, 1.807) is 0 Å². The van der Waals surface area contributed by atoms with Gasteiger partial charge in [-0.15, -0.1) is 0 Å². The predicted molar refractivity (Wildman–Crippen MR) is 80.8 cm³/mol. The van der Waals surface area contributed by atoms with Crippen molar-refractivity contribution in [1.29, 1.82) is 0 Å². The number of carboxylic acids is 1. The van der Waals surface area contributed by atoms with Gasteiger partial charge < -0.3 is 5.11 Å². The molecule has 3 rings (SSSR count). The van der Waals surface area contributed by atoms with Gasteiger partial charge in [-0.1, -0.05) is 42.5 Å². The van der Waals surface area contributed by atoms with Crippen LogP contribution in [0.15, 0.2) is 12.1 Å². The molecule has 2 nitrogen and oxygen atoms in total. The normalized spacial score (nSPS) is 26.5. The van der Waals surface area contributed by atoms with Gasteiger partial charge in [0, 0.05) is 10.0 Å². The van der Waals surface area contributed by atoms with Crippen molar-refractivity contribution in [3.05, 3.63) is 33.3 Å². The third-order valence-electron chi connectivity index (χ3n) is 4.65. The highest BCUT2D eigenvalue weighted by Gasteiger charge is 2.44. The monoisotopic (exact) mass is 312 g/mol. The highest BCUT2D eigenvalue weighted by molar-refractivity contribution is 6.36. The minimum Gasteiger partial charge on any atom is -0.481 e. The molecule has 2 aliphatic carbocycles. The summed E-state index contributed by atoms with van der Waals surface area (Å²) in [5.74, 6) is -0.434. The van der Waals surface area contributed by atoms with Crippen LogP contribution in [0.5, 0.6) is 0 Å². The van der Waals surface area contributed by atoms with E-state index < -0.39 is 5.97 Å². The van der Waals surface area contributed by atoms with Gasteiger partial charge in [0.1, 0.15) is 0 Å². The maximum atomic E-state index is 11.0. The lowest BCUT2D eigenvalue weighted by Crippen LogP contribution is -2.06. The number of aliphatic carboxylic acids is 1. The first kappa shape index (κ1) is 14.2. The number of carboxylic acid groups (broad SMARTS) is 1. The molecule has 108 valence electrons. The number of hydrogen-bond acceptors (Lipinski definition) is 1. The molecule has 2 unspecified atom stereocenters. The zero-order valence-corrected chi connectivity index (χ0v) is 12.8. The Balaban J connectivity index is 1.85. The Morgan fingerprint density at radius 2 is 1.70 bits per heavy atom. The number of carbonyl (C=O) groups is 1. The maximum Gasteiger partial charge on any atom is 0.307 e. The lowest BCUT2D eigenvalue weighted by molar-refractivity contribution is -0.138. The molecule has 2 fully saturated rings. The second-order valence-electron chi connectivity index (χ2n) is 6.02. The van der Waals surface area contributed by atoms with Gasteiger partial charge in [0.25, 0.3) is 0 Å². The summed E-state index contributed by atoms with van der Waals surface area (Å²) in [6, 6.07) is 3.87. The van der Waals surface area contributed by atoms with E-state index in [0.717, 1.165) is 34.0 Å². The molecule has 0 heterocycles. The summed E-state index contributed by atoms with van der Waals surface area (Å²) in [5.41, 5.74) is 2.05. The van der Waals surface area contributed by atoms with Crippen molar-refractivity contribution >= 4 is 29.2 Å². The lowest BCUT2D eigenvalue weighted by Gasteiger charge is -2.24. The van der Waals surface area contributed by atoms with Gasteiger partial charge in [-0.2, -0.15) is 0 Å². The second-order valence-corrected chi connectivity index (χ2v) is 6.83. The van der Waals surface area contributed by atoms with E-state index in [1.807, 2.05) is 12.1 Å². The minimum absolute atomic E-state index is 0.0860. The van der Waals surface area contributed by atoms with Crippen molar-refractivity contribution in [1.82, 2.24) is 0 Å². The van der Waals surface area contributed by atoms with Crippen LogP contribution in [0, 0.1) is 5.92 Å². The summed E-state index contributed by atoms with van der Waals surface area (Å²) in [7, 11) is 0. The minimum atomic E-state index is -0.724. The molecule has 0 amide bonds. The number of hydrogen-bond donors (Lipinski definition) is 1. The van der Waals surface area contributed by atoms with E-state index in [4.69, 9.17) is 28.3 Å². The summed E-state index contributed by atoms with van der Waals surface area (Å²) < 4.78 is 0. The Hall–Kier alpha value is -0.730. The standard InChI is InChI=1S/C16H18Cl2O2/c17-13-6-10(11-8-12(11)16(19)20)7-14(18)15(13)9-4-2-1-3-5-9/h6-7,9,11-12H,1-5,8H2,(H,19,20). The zero-order chi connectivity index (χ0) is 14.3. The van der Waals surface area contributed by atoms with Crippen molar-refractivity contribution in [2.75, 3.05) is 0 Å². The van der Waals surface area contributed by atoms with Crippen LogP contribution in [-0.2, 0) is 4.79 Å². The zero-order valence-electron chi connectivity index (χ0n) is 11.2. The molecular weight excluding hydrogens is 295 g/mol. The van der Waals surface area contributed by atoms with Gasteiger partial charge in [0.05, 0.1) is 5.92 Å². The first-order valence-corrected chi connectivity index (χ1v) is 8.05. The Morgan fingerprint density at radius 1 is 1.10 bits per heavy atom. The molecule has 2 aliphatic rings. The van der Waals surface area contributed by atoms with Crippen LogP contribution in [0.25, 0.3) is 0 Å². The van der Waals surface area contributed by atoms with Gasteiger partial charge in [-0.05, 0) is 54.4 Å². The van der Waals surface area contributed by atoms with Gasteiger partial charge in [-0.25, -0.2) is 0 Å². The summed E-state index contributed by atoms with van der Waals surface area (Å²) in [5, 5.41) is 10.5. The molecule has 2 atom stereocenters. The molecule has 0 radical (unpaired) electrons. The molecule has 2 saturated carbocycles. The number of halogens is 2. The summed E-state index contributed by atoms with van der Waals surface area (Å²) in [6.45, 7) is 0. The quantitative estimate of drug-likeness (QED) is 0.829. The first-order chi connectivity index (χ1) is 9.58. The van der Waals surface area contributed by atoms with Crippen LogP contribution in [0.1, 0.15) is 61.5 Å². The largest absolute Gasteiger partial charge is 0.481 e. The van der Waals surface area contributed by atoms with E-state index in [2.05, 4.69) is 0 Å². The molecular formula is C16H18Cl2O2. The van der Waals surface area contributed by atoms with Crippen LogP contribution < -0.4 is 0 Å². The fraction of sp³-hybridized carbons (Fsp3) is 0.562. The molecule has 1 aromatic rings. The van der Waals surface area contributed by atoms with Gasteiger partial charge in [0.15, 0.2) is 0 Å². The van der Waals surface area contributed by atoms with E-state index >= 15 is 0 Å². The van der Waals surface area contributed by atoms with Crippen molar-refractivity contribution < 1.29 is 9.90 Å². The van der Waals surface area contributed by atoms with Gasteiger partial charge in [-0.3, -0.25) is 4.79 Å². The van der Waals surface area contributed by atoms with Gasteiger partial charge in [0.2, 0.25) is 0 Å². The smallest absolute Gasteiger partial charge is 0.307 e. The molecule has 1 N–H and O–H groups in total. The van der Waals surface area contributed by atoms with Crippen molar-refractivity contribution in [2.24, 2.45) is 5.92 Å². The summed E-state index contributed by atoms with van der Waals surface area (Å²) >= 11 is 12.9. The van der Waals surface area contributed by atoms with E-state index in [-0.39, 0.29) is 11.8 Å². The molecule has 0 saturated heterocycles. The van der Waals surface area contributed by atoms with Crippen LogP contribution >= 0.6 is 23.2 Å². The molecule has 0 aliphatic heterocycles. The Labute approximate surface area is 129 Å². The van der Waals surface area contributed by atoms with E-state index in [9.17, 15) is 4.79 Å². The Kier molecular flexibility index (Phi) is 3.96. The van der Waals surface area contributed by atoms with E-state index in [1.165, 1.54) is 19.3 Å². The average molecular weight is 313 g/mol. The second kappa shape index (κ2) is 5.57. The average Bonchev–Trinajstić information content (AvgIpc) is 3.19. The molecule has 0 spiro atoms. The highest BCUT2D eigenvalue weighted by atomic mass is 35.5. The van der Waals surface area contributed by atoms with E-state index in [0.29, 0.717) is 12.3 Å². The third-order valence-corrected chi connectivity index (χ3v) is 5.28. The van der Waals surface area contributed by atoms with Crippen LogP contribution in [0.4, 0.5) is 0 Å². The number of rotatable bonds is 3. The van der Waals surface area contributed by atoms with Crippen LogP contribution in [0.2, 0.25) is 10.0 Å².